The Labute approximate surface area is 194 Å². The number of aryl methyl sites for hydroxylation is 2. The highest BCUT2D eigenvalue weighted by Crippen LogP contribution is 2.17. The second kappa shape index (κ2) is 9.90. The van der Waals surface area contributed by atoms with Gasteiger partial charge >= 0.3 is 0 Å². The first-order valence-corrected chi connectivity index (χ1v) is 11.2. The molecule has 0 spiro atoms. The highest BCUT2D eigenvalue weighted by molar-refractivity contribution is 5.95. The van der Waals surface area contributed by atoms with Gasteiger partial charge in [-0.2, -0.15) is 5.10 Å². The van der Waals surface area contributed by atoms with E-state index in [0.29, 0.717) is 44.7 Å². The molecule has 0 bridgehead atoms. The van der Waals surface area contributed by atoms with Gasteiger partial charge in [0, 0.05) is 43.9 Å². The Morgan fingerprint density at radius 2 is 1.76 bits per heavy atom. The molecule has 0 unspecified atom stereocenters. The lowest BCUT2D eigenvalue weighted by atomic mass is 10.1. The van der Waals surface area contributed by atoms with Crippen molar-refractivity contribution in [2.45, 2.75) is 33.4 Å². The van der Waals surface area contributed by atoms with E-state index in [9.17, 15) is 9.59 Å². The zero-order valence-electron chi connectivity index (χ0n) is 19.5. The number of hydrogen-bond acceptors (Lipinski definition) is 4. The predicted octanol–water partition coefficient (Wildman–Crippen LogP) is 3.43. The molecule has 2 aromatic carbocycles. The van der Waals surface area contributed by atoms with E-state index >= 15 is 0 Å². The third kappa shape index (κ3) is 5.42. The minimum atomic E-state index is -0.0377. The van der Waals surface area contributed by atoms with Crippen LogP contribution < -0.4 is 4.74 Å². The molecule has 2 amide bonds. The van der Waals surface area contributed by atoms with Gasteiger partial charge in [-0.05, 0) is 55.3 Å². The maximum Gasteiger partial charge on any atom is 0.253 e. The summed E-state index contributed by atoms with van der Waals surface area (Å²) in [7, 11) is 1.63. The molecule has 0 saturated carbocycles. The van der Waals surface area contributed by atoms with Gasteiger partial charge in [0.1, 0.15) is 5.75 Å². The summed E-state index contributed by atoms with van der Waals surface area (Å²) >= 11 is 0. The minimum Gasteiger partial charge on any atom is -0.497 e. The van der Waals surface area contributed by atoms with Crippen molar-refractivity contribution in [1.29, 1.82) is 0 Å². The van der Waals surface area contributed by atoms with Crippen LogP contribution in [0.5, 0.6) is 5.75 Å². The van der Waals surface area contributed by atoms with Crippen LogP contribution in [0.1, 0.15) is 39.3 Å². The molecule has 7 heteroatoms. The van der Waals surface area contributed by atoms with Crippen molar-refractivity contribution in [2.75, 3.05) is 26.7 Å². The summed E-state index contributed by atoms with van der Waals surface area (Å²) in [5.74, 6) is 0.821. The van der Waals surface area contributed by atoms with Crippen LogP contribution in [0.15, 0.2) is 54.6 Å². The highest BCUT2D eigenvalue weighted by Gasteiger charge is 2.24. The van der Waals surface area contributed by atoms with Crippen molar-refractivity contribution in [3.05, 3.63) is 82.7 Å². The van der Waals surface area contributed by atoms with Crippen molar-refractivity contribution in [3.63, 3.8) is 0 Å². The van der Waals surface area contributed by atoms with Gasteiger partial charge in [-0.25, -0.2) is 0 Å². The number of amides is 2. The quantitative estimate of drug-likeness (QED) is 0.582. The van der Waals surface area contributed by atoms with Gasteiger partial charge in [0.2, 0.25) is 5.91 Å². The number of methoxy groups -OCH3 is 1. The molecule has 1 saturated heterocycles. The maximum atomic E-state index is 13.2. The van der Waals surface area contributed by atoms with Crippen molar-refractivity contribution in [3.8, 4) is 5.75 Å². The van der Waals surface area contributed by atoms with E-state index < -0.39 is 0 Å². The Morgan fingerprint density at radius 3 is 2.45 bits per heavy atom. The standard InChI is InChI=1S/C26H30N4O3/c1-19-15-20(2)30(27-19)18-22-5-4-6-23(16-22)26(32)28-12-11-25(31)29(14-13-28)17-21-7-9-24(33-3)10-8-21/h4-10,15-16H,11-14,17-18H2,1-3H3. The molecule has 1 fully saturated rings. The molecule has 172 valence electrons. The van der Waals surface area contributed by atoms with E-state index in [0.717, 1.165) is 28.3 Å². The third-order valence-electron chi connectivity index (χ3n) is 6.02. The molecule has 1 aliphatic heterocycles. The molecule has 0 atom stereocenters. The van der Waals surface area contributed by atoms with Crippen LogP contribution in [-0.2, 0) is 17.9 Å². The van der Waals surface area contributed by atoms with Crippen LogP contribution in [0, 0.1) is 13.8 Å². The van der Waals surface area contributed by atoms with E-state index in [1.54, 1.807) is 12.0 Å². The molecule has 0 N–H and O–H groups in total. The summed E-state index contributed by atoms with van der Waals surface area (Å²) in [6, 6.07) is 17.5. The van der Waals surface area contributed by atoms with E-state index in [4.69, 9.17) is 4.74 Å². The van der Waals surface area contributed by atoms with Gasteiger partial charge in [-0.15, -0.1) is 0 Å². The van der Waals surface area contributed by atoms with Gasteiger partial charge in [0.25, 0.3) is 5.91 Å². The summed E-state index contributed by atoms with van der Waals surface area (Å²) in [4.78, 5) is 29.5. The largest absolute Gasteiger partial charge is 0.497 e. The first-order chi connectivity index (χ1) is 15.9. The van der Waals surface area contributed by atoms with Crippen LogP contribution in [0.3, 0.4) is 0 Å². The average molecular weight is 447 g/mol. The summed E-state index contributed by atoms with van der Waals surface area (Å²) < 4.78 is 7.15. The lowest BCUT2D eigenvalue weighted by Gasteiger charge is -2.22. The summed E-state index contributed by atoms with van der Waals surface area (Å²) in [6.45, 7) is 6.61. The van der Waals surface area contributed by atoms with Gasteiger partial charge < -0.3 is 14.5 Å². The van der Waals surface area contributed by atoms with E-state index in [1.165, 1.54) is 0 Å². The third-order valence-corrected chi connectivity index (χ3v) is 6.02. The average Bonchev–Trinajstić information content (AvgIpc) is 3.02. The fraction of sp³-hybridized carbons (Fsp3) is 0.346. The molecular formula is C26H30N4O3. The molecule has 1 aromatic heterocycles. The molecule has 4 rings (SSSR count). The smallest absolute Gasteiger partial charge is 0.253 e. The fourth-order valence-corrected chi connectivity index (χ4v) is 4.18. The van der Waals surface area contributed by atoms with Crippen molar-refractivity contribution in [2.24, 2.45) is 0 Å². The molecule has 1 aliphatic rings. The van der Waals surface area contributed by atoms with E-state index in [2.05, 4.69) is 5.10 Å². The Morgan fingerprint density at radius 1 is 0.970 bits per heavy atom. The second-order valence-electron chi connectivity index (χ2n) is 8.49. The lowest BCUT2D eigenvalue weighted by molar-refractivity contribution is -0.130. The van der Waals surface area contributed by atoms with Crippen molar-refractivity contribution in [1.82, 2.24) is 19.6 Å². The number of nitrogens with zero attached hydrogens (tertiary/aromatic N) is 4. The van der Waals surface area contributed by atoms with Crippen molar-refractivity contribution >= 4 is 11.8 Å². The molecule has 33 heavy (non-hydrogen) atoms. The molecule has 0 aliphatic carbocycles. The monoisotopic (exact) mass is 446 g/mol. The van der Waals surface area contributed by atoms with E-state index in [1.807, 2.05) is 78.0 Å². The zero-order valence-corrected chi connectivity index (χ0v) is 19.5. The SMILES string of the molecule is COc1ccc(CN2CCN(C(=O)c3cccc(Cn4nc(C)cc4C)c3)CCC2=O)cc1. The number of carbonyl (C=O) groups excluding carboxylic acids is 2. The van der Waals surface area contributed by atoms with Crippen LogP contribution in [0.2, 0.25) is 0 Å². The predicted molar refractivity (Wildman–Crippen MR) is 126 cm³/mol. The summed E-state index contributed by atoms with van der Waals surface area (Å²) in [5.41, 5.74) is 4.78. The van der Waals surface area contributed by atoms with Gasteiger partial charge in [0.15, 0.2) is 0 Å². The van der Waals surface area contributed by atoms with Gasteiger partial charge in [-0.3, -0.25) is 14.3 Å². The number of hydrogen-bond donors (Lipinski definition) is 0. The second-order valence-corrected chi connectivity index (χ2v) is 8.49. The first kappa shape index (κ1) is 22.6. The molecule has 7 nitrogen and oxygen atoms in total. The Bertz CT molecular complexity index is 1140. The Kier molecular flexibility index (Phi) is 6.77. The van der Waals surface area contributed by atoms with Crippen LogP contribution >= 0.6 is 0 Å². The normalized spacial score (nSPS) is 14.3. The summed E-state index contributed by atoms with van der Waals surface area (Å²) in [6.07, 6.45) is 0.327. The van der Waals surface area contributed by atoms with Gasteiger partial charge in [-0.1, -0.05) is 24.3 Å². The van der Waals surface area contributed by atoms with Crippen LogP contribution in [-0.4, -0.2) is 58.1 Å². The topological polar surface area (TPSA) is 67.7 Å². The molecule has 2 heterocycles. The number of rotatable bonds is 6. The number of ether oxygens (including phenoxy) is 1. The molecule has 3 aromatic rings. The highest BCUT2D eigenvalue weighted by atomic mass is 16.5. The number of aromatic nitrogens is 2. The maximum absolute atomic E-state index is 13.2. The van der Waals surface area contributed by atoms with Gasteiger partial charge in [0.05, 0.1) is 19.3 Å². The van der Waals surface area contributed by atoms with Crippen LogP contribution in [0.25, 0.3) is 0 Å². The summed E-state index contributed by atoms with van der Waals surface area (Å²) in [5, 5.41) is 4.51. The molecule has 0 radical (unpaired) electrons. The number of benzene rings is 2. The lowest BCUT2D eigenvalue weighted by Crippen LogP contribution is -2.35. The number of carbonyl (C=O) groups is 2. The minimum absolute atomic E-state index is 0.0377. The van der Waals surface area contributed by atoms with Crippen LogP contribution in [0.4, 0.5) is 0 Å². The zero-order chi connectivity index (χ0) is 23.4. The first-order valence-electron chi connectivity index (χ1n) is 11.2. The molecular weight excluding hydrogens is 416 g/mol. The van der Waals surface area contributed by atoms with E-state index in [-0.39, 0.29) is 11.8 Å². The fourth-order valence-electron chi connectivity index (χ4n) is 4.18. The van der Waals surface area contributed by atoms with Crippen molar-refractivity contribution < 1.29 is 14.3 Å². The Balaban J connectivity index is 1.41. The Hall–Kier alpha value is -3.61.